The second-order valence-electron chi connectivity index (χ2n) is 17.7. The predicted molar refractivity (Wildman–Crippen MR) is 239 cm³/mol. The van der Waals surface area contributed by atoms with E-state index < -0.39 is 18.1 Å². The van der Waals surface area contributed by atoms with Gasteiger partial charge in [0.1, 0.15) is 6.61 Å². The molecule has 0 saturated heterocycles. The number of allylic oxidation sites excluding steroid dienone is 2. The van der Waals surface area contributed by atoms with E-state index in [2.05, 4.69) is 26.0 Å². The van der Waals surface area contributed by atoms with Crippen molar-refractivity contribution in [2.75, 3.05) is 41.0 Å². The summed E-state index contributed by atoms with van der Waals surface area (Å²) in [6.07, 6.45) is 43.9. The fourth-order valence-corrected chi connectivity index (χ4v) is 7.38. The van der Waals surface area contributed by atoms with Crippen LogP contribution in [-0.2, 0) is 28.6 Å². The van der Waals surface area contributed by atoms with Gasteiger partial charge in [0.25, 0.3) is 0 Å². The highest BCUT2D eigenvalue weighted by Gasteiger charge is 2.31. The Labute approximate surface area is 352 Å². The minimum atomic E-state index is -0.872. The molecule has 0 spiro atoms. The Hall–Kier alpha value is -1.93. The number of carbonyl (C=O) groups excluding carboxylic acids is 2. The zero-order chi connectivity index (χ0) is 42.1. The van der Waals surface area contributed by atoms with E-state index in [-0.39, 0.29) is 36.2 Å². The molecule has 0 heterocycles. The molecule has 8 nitrogen and oxygen atoms in total. The van der Waals surface area contributed by atoms with Crippen LogP contribution in [0.25, 0.3) is 0 Å². The third-order valence-corrected chi connectivity index (χ3v) is 11.2. The van der Waals surface area contributed by atoms with Crippen molar-refractivity contribution < 1.29 is 38.2 Å². The molecule has 0 radical (unpaired) electrons. The summed E-state index contributed by atoms with van der Waals surface area (Å²) >= 11 is 0. The fraction of sp³-hybridized carbons (Fsp3) is 0.898. The van der Waals surface area contributed by atoms with Crippen LogP contribution in [0.15, 0.2) is 12.2 Å². The predicted octanol–water partition coefficient (Wildman–Crippen LogP) is 13.5. The topological polar surface area (TPSA) is 99.1 Å². The Bertz CT molecular complexity index is 947. The number of rotatable bonds is 44. The zero-order valence-electron chi connectivity index (χ0n) is 38.3. The van der Waals surface area contributed by atoms with Crippen molar-refractivity contribution in [1.82, 2.24) is 0 Å². The molecular weight excluding hydrogens is 715 g/mol. The van der Waals surface area contributed by atoms with E-state index in [0.29, 0.717) is 19.3 Å². The average Bonchev–Trinajstić information content (AvgIpc) is 3.17. The van der Waals surface area contributed by atoms with E-state index in [1.807, 2.05) is 21.1 Å². The Morgan fingerprint density at radius 1 is 0.509 bits per heavy atom. The van der Waals surface area contributed by atoms with Crippen LogP contribution in [0.1, 0.15) is 232 Å². The van der Waals surface area contributed by atoms with Crippen LogP contribution in [0.4, 0.5) is 0 Å². The summed E-state index contributed by atoms with van der Waals surface area (Å²) in [5, 5.41) is 9.63. The Morgan fingerprint density at radius 3 is 1.26 bits per heavy atom. The molecule has 0 aliphatic heterocycles. The number of carboxylic acids is 1. The normalized spacial score (nSPS) is 12.9. The molecule has 0 amide bonds. The quantitative estimate of drug-likeness (QED) is 0.0283. The summed E-state index contributed by atoms with van der Waals surface area (Å²) < 4.78 is 17.3. The maximum atomic E-state index is 12.8. The summed E-state index contributed by atoms with van der Waals surface area (Å²) in [7, 11) is 5.54. The van der Waals surface area contributed by atoms with Gasteiger partial charge in [-0.3, -0.25) is 9.59 Å². The van der Waals surface area contributed by atoms with E-state index in [1.54, 1.807) is 0 Å². The summed E-state index contributed by atoms with van der Waals surface area (Å²) in [5.41, 5.74) is 0. The lowest BCUT2D eigenvalue weighted by Gasteiger charge is -2.31. The number of nitrogens with zero attached hydrogens (tertiary/aromatic N) is 1. The molecule has 0 aliphatic rings. The number of carboxylic acid groups (broad SMARTS) is 1. The third-order valence-electron chi connectivity index (χ3n) is 11.2. The summed E-state index contributed by atoms with van der Waals surface area (Å²) in [4.78, 5) is 37.0. The standard InChI is InChI=1S/C49H93NO7/c1-6-8-10-12-14-16-18-20-22-23-24-25-26-28-30-32-34-36-38-40-48(52)57-45(43-55-42-41-46(49(53)54)50(3,4)5)44-56-47(51)39-37-35-33-31-29-27-21-19-17-15-13-11-9-7-2/h20,22,45-46H,6-19,21,23-44H2,1-5H3/p+1/b22-20-. The van der Waals surface area contributed by atoms with Crippen molar-refractivity contribution >= 4 is 17.9 Å². The van der Waals surface area contributed by atoms with Gasteiger partial charge in [-0.25, -0.2) is 4.79 Å². The second-order valence-corrected chi connectivity index (χ2v) is 17.7. The third kappa shape index (κ3) is 39.3. The molecule has 0 aromatic rings. The molecule has 0 aromatic heterocycles. The maximum absolute atomic E-state index is 12.8. The van der Waals surface area contributed by atoms with Gasteiger partial charge in [0.05, 0.1) is 34.4 Å². The van der Waals surface area contributed by atoms with E-state index in [9.17, 15) is 19.5 Å². The van der Waals surface area contributed by atoms with E-state index in [4.69, 9.17) is 14.2 Å². The summed E-state index contributed by atoms with van der Waals surface area (Å²) in [5.74, 6) is -1.45. The molecular formula is C49H94NO7+. The molecule has 336 valence electrons. The molecule has 8 heteroatoms. The molecule has 0 aliphatic carbocycles. The number of unbranched alkanes of at least 4 members (excludes halogenated alkanes) is 28. The van der Waals surface area contributed by atoms with Crippen molar-refractivity contribution in [3.05, 3.63) is 12.2 Å². The number of hydrogen-bond acceptors (Lipinski definition) is 6. The molecule has 57 heavy (non-hydrogen) atoms. The SMILES string of the molecule is CCCCCCCC/C=C\CCCCCCCCCCCC(=O)OC(COCCC(C(=O)O)[N+](C)(C)C)COC(=O)CCCCCCCCCCCCCCCC. The van der Waals surface area contributed by atoms with Gasteiger partial charge in [-0.05, 0) is 38.5 Å². The Balaban J connectivity index is 4.25. The smallest absolute Gasteiger partial charge is 0.362 e. The maximum Gasteiger partial charge on any atom is 0.362 e. The number of likely N-dealkylation sites (N-methyl/N-ethyl adjacent to an activating group) is 1. The Morgan fingerprint density at radius 2 is 0.877 bits per heavy atom. The highest BCUT2D eigenvalue weighted by Crippen LogP contribution is 2.16. The van der Waals surface area contributed by atoms with Crippen LogP contribution in [-0.4, -0.2) is 80.6 Å². The lowest BCUT2D eigenvalue weighted by molar-refractivity contribution is -0.887. The van der Waals surface area contributed by atoms with Crippen LogP contribution in [0.5, 0.6) is 0 Å². The van der Waals surface area contributed by atoms with E-state index >= 15 is 0 Å². The molecule has 0 rings (SSSR count). The highest BCUT2D eigenvalue weighted by molar-refractivity contribution is 5.72. The highest BCUT2D eigenvalue weighted by atomic mass is 16.6. The lowest BCUT2D eigenvalue weighted by Crippen LogP contribution is -2.50. The minimum absolute atomic E-state index is 0.0453. The lowest BCUT2D eigenvalue weighted by atomic mass is 10.0. The largest absolute Gasteiger partial charge is 0.477 e. The first-order chi connectivity index (χ1) is 27.6. The molecule has 2 unspecified atom stereocenters. The minimum Gasteiger partial charge on any atom is -0.477 e. The zero-order valence-corrected chi connectivity index (χ0v) is 38.3. The van der Waals surface area contributed by atoms with Gasteiger partial charge < -0.3 is 23.8 Å². The summed E-state index contributed by atoms with van der Waals surface area (Å²) in [6.45, 7) is 4.77. The second kappa shape index (κ2) is 40.8. The van der Waals surface area contributed by atoms with Crippen molar-refractivity contribution in [2.45, 2.75) is 244 Å². The fourth-order valence-electron chi connectivity index (χ4n) is 7.38. The van der Waals surface area contributed by atoms with Crippen molar-refractivity contribution in [2.24, 2.45) is 0 Å². The van der Waals surface area contributed by atoms with E-state index in [1.165, 1.54) is 161 Å². The first-order valence-electron chi connectivity index (χ1n) is 24.2. The summed E-state index contributed by atoms with van der Waals surface area (Å²) in [6, 6.07) is -0.610. The van der Waals surface area contributed by atoms with Crippen molar-refractivity contribution in [3.63, 3.8) is 0 Å². The number of ether oxygens (including phenoxy) is 3. The van der Waals surface area contributed by atoms with Crippen LogP contribution >= 0.6 is 0 Å². The van der Waals surface area contributed by atoms with Gasteiger partial charge in [-0.1, -0.05) is 187 Å². The molecule has 0 saturated carbocycles. The number of aliphatic carboxylic acids is 1. The molecule has 0 aromatic carbocycles. The Kier molecular flexibility index (Phi) is 39.4. The van der Waals surface area contributed by atoms with Gasteiger partial charge in [-0.2, -0.15) is 0 Å². The number of esters is 2. The van der Waals surface area contributed by atoms with Crippen molar-refractivity contribution in [3.8, 4) is 0 Å². The van der Waals surface area contributed by atoms with Crippen LogP contribution in [0.2, 0.25) is 0 Å². The molecule has 1 N–H and O–H groups in total. The molecule has 2 atom stereocenters. The van der Waals surface area contributed by atoms with Gasteiger partial charge in [-0.15, -0.1) is 0 Å². The molecule has 0 bridgehead atoms. The average molecular weight is 809 g/mol. The van der Waals surface area contributed by atoms with Gasteiger partial charge >= 0.3 is 17.9 Å². The van der Waals surface area contributed by atoms with Gasteiger partial charge in [0.15, 0.2) is 12.1 Å². The van der Waals surface area contributed by atoms with Crippen LogP contribution < -0.4 is 0 Å². The number of carbonyl (C=O) groups is 3. The first kappa shape index (κ1) is 55.1. The monoisotopic (exact) mass is 809 g/mol. The van der Waals surface area contributed by atoms with Gasteiger partial charge in [0, 0.05) is 19.3 Å². The number of hydrogen-bond donors (Lipinski definition) is 1. The van der Waals surface area contributed by atoms with Gasteiger partial charge in [0.2, 0.25) is 0 Å². The van der Waals surface area contributed by atoms with Crippen LogP contribution in [0.3, 0.4) is 0 Å². The van der Waals surface area contributed by atoms with Crippen LogP contribution in [0, 0.1) is 0 Å². The van der Waals surface area contributed by atoms with Crippen molar-refractivity contribution in [1.29, 1.82) is 0 Å². The first-order valence-corrected chi connectivity index (χ1v) is 24.2. The molecule has 0 fully saturated rings. The van der Waals surface area contributed by atoms with E-state index in [0.717, 1.165) is 38.5 Å². The number of quaternary nitrogens is 1.